The molecule has 0 saturated carbocycles. The van der Waals surface area contributed by atoms with Crippen molar-refractivity contribution in [3.05, 3.63) is 22.5 Å². The second-order valence-corrected chi connectivity index (χ2v) is 5.94. The zero-order valence-corrected chi connectivity index (χ0v) is 15.0. The number of dihydropyridines is 1. The Hall–Kier alpha value is -1.78. The summed E-state index contributed by atoms with van der Waals surface area (Å²) in [4.78, 5) is 24.4. The minimum atomic E-state index is -0.387. The van der Waals surface area contributed by atoms with Crippen molar-refractivity contribution in [1.82, 2.24) is 5.32 Å². The van der Waals surface area contributed by atoms with Gasteiger partial charge in [0, 0.05) is 17.3 Å². The average molecular weight is 323 g/mol. The van der Waals surface area contributed by atoms with Crippen LogP contribution in [0.3, 0.4) is 0 Å². The molecule has 5 heteroatoms. The third-order valence-electron chi connectivity index (χ3n) is 4.29. The number of ether oxygens (including phenoxy) is 2. The fourth-order valence-corrected chi connectivity index (χ4v) is 3.13. The van der Waals surface area contributed by atoms with Gasteiger partial charge in [-0.25, -0.2) is 9.59 Å². The number of methoxy groups -OCH3 is 2. The van der Waals surface area contributed by atoms with Crippen LogP contribution in [-0.4, -0.2) is 26.2 Å². The standard InChI is InChI=1S/C18H29NO4/c1-6-7-8-9-10-11-14-15(17(20)22-4)12(2)19-13(3)16(14)18(21)23-5/h14,19H,6-11H2,1-5H3. The molecular formula is C18H29NO4. The van der Waals surface area contributed by atoms with Crippen molar-refractivity contribution in [3.8, 4) is 0 Å². The van der Waals surface area contributed by atoms with Gasteiger partial charge in [0.15, 0.2) is 0 Å². The van der Waals surface area contributed by atoms with Crippen LogP contribution in [0.15, 0.2) is 22.5 Å². The van der Waals surface area contributed by atoms with E-state index < -0.39 is 0 Å². The SMILES string of the molecule is CCCCCCCC1C(C(=O)OC)=C(C)NC(C)=C1C(=O)OC. The number of allylic oxidation sites excluding steroid dienone is 2. The van der Waals surface area contributed by atoms with Crippen LogP contribution >= 0.6 is 0 Å². The van der Waals surface area contributed by atoms with Crippen molar-refractivity contribution in [2.45, 2.75) is 59.3 Å². The molecule has 0 aromatic rings. The molecule has 1 aliphatic rings. The normalized spacial score (nSPS) is 15.5. The van der Waals surface area contributed by atoms with Crippen LogP contribution in [0, 0.1) is 5.92 Å². The molecule has 0 saturated heterocycles. The van der Waals surface area contributed by atoms with Gasteiger partial charge >= 0.3 is 11.9 Å². The molecular weight excluding hydrogens is 294 g/mol. The molecule has 0 bridgehead atoms. The third-order valence-corrected chi connectivity index (χ3v) is 4.29. The smallest absolute Gasteiger partial charge is 0.336 e. The van der Waals surface area contributed by atoms with E-state index in [4.69, 9.17) is 9.47 Å². The van der Waals surface area contributed by atoms with E-state index in [-0.39, 0.29) is 17.9 Å². The lowest BCUT2D eigenvalue weighted by molar-refractivity contribution is -0.137. The molecule has 0 unspecified atom stereocenters. The monoisotopic (exact) mass is 323 g/mol. The van der Waals surface area contributed by atoms with Crippen LogP contribution < -0.4 is 5.32 Å². The Morgan fingerprint density at radius 2 is 1.39 bits per heavy atom. The van der Waals surface area contributed by atoms with Crippen molar-refractivity contribution in [1.29, 1.82) is 0 Å². The molecule has 1 rings (SSSR count). The molecule has 0 spiro atoms. The van der Waals surface area contributed by atoms with E-state index in [1.54, 1.807) is 0 Å². The summed E-state index contributed by atoms with van der Waals surface area (Å²) in [5, 5.41) is 3.11. The molecule has 1 heterocycles. The number of nitrogens with one attached hydrogen (secondary N) is 1. The van der Waals surface area contributed by atoms with Crippen molar-refractivity contribution in [2.75, 3.05) is 14.2 Å². The van der Waals surface area contributed by atoms with Crippen LogP contribution in [0.1, 0.15) is 59.3 Å². The van der Waals surface area contributed by atoms with Gasteiger partial charge in [0.1, 0.15) is 0 Å². The van der Waals surface area contributed by atoms with Gasteiger partial charge in [-0.2, -0.15) is 0 Å². The minimum absolute atomic E-state index is 0.266. The number of carbonyl (C=O) groups excluding carboxylic acids is 2. The Morgan fingerprint density at radius 3 is 1.83 bits per heavy atom. The van der Waals surface area contributed by atoms with E-state index in [1.807, 2.05) is 13.8 Å². The highest BCUT2D eigenvalue weighted by Gasteiger charge is 2.35. The maximum atomic E-state index is 12.2. The summed E-state index contributed by atoms with van der Waals surface area (Å²) in [5.74, 6) is -1.04. The molecule has 0 fully saturated rings. The van der Waals surface area contributed by atoms with Crippen LogP contribution in [0.2, 0.25) is 0 Å². The molecule has 1 aliphatic heterocycles. The lowest BCUT2D eigenvalue weighted by Gasteiger charge is -2.29. The van der Waals surface area contributed by atoms with Gasteiger partial charge < -0.3 is 14.8 Å². The predicted octanol–water partition coefficient (Wildman–Crippen LogP) is 3.46. The first-order valence-electron chi connectivity index (χ1n) is 8.33. The number of hydrogen-bond acceptors (Lipinski definition) is 5. The van der Waals surface area contributed by atoms with Crippen molar-refractivity contribution >= 4 is 11.9 Å². The predicted molar refractivity (Wildman–Crippen MR) is 89.4 cm³/mol. The van der Waals surface area contributed by atoms with Crippen LogP contribution in [-0.2, 0) is 19.1 Å². The summed E-state index contributed by atoms with van der Waals surface area (Å²) in [5.41, 5.74) is 2.57. The van der Waals surface area contributed by atoms with Gasteiger partial charge in [0.25, 0.3) is 0 Å². The lowest BCUT2D eigenvalue weighted by Crippen LogP contribution is -2.33. The number of esters is 2. The number of rotatable bonds is 8. The second-order valence-electron chi connectivity index (χ2n) is 5.94. The zero-order chi connectivity index (χ0) is 17.4. The van der Waals surface area contributed by atoms with Crippen LogP contribution in [0.4, 0.5) is 0 Å². The van der Waals surface area contributed by atoms with Crippen molar-refractivity contribution < 1.29 is 19.1 Å². The number of unbranched alkanes of at least 4 members (excludes halogenated alkanes) is 4. The van der Waals surface area contributed by atoms with Gasteiger partial charge in [-0.15, -0.1) is 0 Å². The molecule has 130 valence electrons. The van der Waals surface area contributed by atoms with Crippen molar-refractivity contribution in [3.63, 3.8) is 0 Å². The van der Waals surface area contributed by atoms with Gasteiger partial charge in [0.05, 0.1) is 25.4 Å². The summed E-state index contributed by atoms with van der Waals surface area (Å²) >= 11 is 0. The van der Waals surface area contributed by atoms with Gasteiger partial charge in [-0.1, -0.05) is 39.0 Å². The number of hydrogen-bond donors (Lipinski definition) is 1. The Kier molecular flexibility index (Phi) is 7.86. The molecule has 0 amide bonds. The Morgan fingerprint density at radius 1 is 0.913 bits per heavy atom. The highest BCUT2D eigenvalue weighted by atomic mass is 16.5. The van der Waals surface area contributed by atoms with E-state index >= 15 is 0 Å². The highest BCUT2D eigenvalue weighted by molar-refractivity contribution is 5.97. The topological polar surface area (TPSA) is 64.6 Å². The molecule has 23 heavy (non-hydrogen) atoms. The Labute approximate surface area is 139 Å². The summed E-state index contributed by atoms with van der Waals surface area (Å²) in [6.45, 7) is 5.86. The van der Waals surface area contributed by atoms with Crippen LogP contribution in [0.5, 0.6) is 0 Å². The average Bonchev–Trinajstić information content (AvgIpc) is 2.53. The summed E-state index contributed by atoms with van der Waals surface area (Å²) in [6, 6.07) is 0. The van der Waals surface area contributed by atoms with Gasteiger partial charge in [-0.05, 0) is 20.3 Å². The summed E-state index contributed by atoms with van der Waals surface area (Å²) < 4.78 is 9.84. The van der Waals surface area contributed by atoms with Gasteiger partial charge in [0.2, 0.25) is 0 Å². The van der Waals surface area contributed by atoms with E-state index in [1.165, 1.54) is 33.5 Å². The quantitative estimate of drug-likeness (QED) is 0.547. The largest absolute Gasteiger partial charge is 0.466 e. The first-order chi connectivity index (χ1) is 11.0. The molecule has 0 aromatic carbocycles. The van der Waals surface area contributed by atoms with Crippen LogP contribution in [0.25, 0.3) is 0 Å². The Balaban J connectivity index is 3.01. The molecule has 0 radical (unpaired) electrons. The molecule has 0 aliphatic carbocycles. The number of carbonyl (C=O) groups is 2. The Bertz CT molecular complexity index is 467. The van der Waals surface area contributed by atoms with E-state index in [9.17, 15) is 9.59 Å². The zero-order valence-electron chi connectivity index (χ0n) is 15.0. The van der Waals surface area contributed by atoms with E-state index in [0.29, 0.717) is 11.1 Å². The molecule has 1 N–H and O–H groups in total. The summed E-state index contributed by atoms with van der Waals surface area (Å²) in [7, 11) is 2.73. The first-order valence-corrected chi connectivity index (χ1v) is 8.33. The third kappa shape index (κ3) is 4.85. The summed E-state index contributed by atoms with van der Waals surface area (Å²) in [6.07, 6.45) is 6.38. The second kappa shape index (κ2) is 9.38. The molecule has 5 nitrogen and oxygen atoms in total. The maximum absolute atomic E-state index is 12.2. The lowest BCUT2D eigenvalue weighted by atomic mass is 9.82. The highest BCUT2D eigenvalue weighted by Crippen LogP contribution is 2.35. The first kappa shape index (κ1) is 19.3. The molecule has 0 atom stereocenters. The maximum Gasteiger partial charge on any atom is 0.336 e. The van der Waals surface area contributed by atoms with Gasteiger partial charge in [-0.3, -0.25) is 0 Å². The minimum Gasteiger partial charge on any atom is -0.466 e. The van der Waals surface area contributed by atoms with E-state index in [0.717, 1.165) is 30.7 Å². The van der Waals surface area contributed by atoms with E-state index in [2.05, 4.69) is 12.2 Å². The molecule has 0 aromatic heterocycles. The van der Waals surface area contributed by atoms with Crippen molar-refractivity contribution in [2.24, 2.45) is 5.92 Å². The fourth-order valence-electron chi connectivity index (χ4n) is 3.13. The fraction of sp³-hybridized carbons (Fsp3) is 0.667.